The van der Waals surface area contributed by atoms with E-state index in [0.717, 1.165) is 0 Å². The minimum absolute atomic E-state index is 0.0965. The average molecular weight is 365 g/mol. The van der Waals surface area contributed by atoms with Crippen LogP contribution >= 0.6 is 11.6 Å². The molecule has 0 fully saturated rings. The highest BCUT2D eigenvalue weighted by molar-refractivity contribution is 6.22. The molecule has 1 aliphatic carbocycles. The number of rotatable bonds is 6. The molecule has 0 aliphatic heterocycles. The van der Waals surface area contributed by atoms with Gasteiger partial charge < -0.3 is 20.3 Å². The summed E-state index contributed by atoms with van der Waals surface area (Å²) in [6.07, 6.45) is 7.62. The number of aromatic nitrogens is 3. The second-order valence-corrected chi connectivity index (χ2v) is 6.01. The highest BCUT2D eigenvalue weighted by Crippen LogP contribution is 2.22. The number of alkyl halides is 1. The van der Waals surface area contributed by atoms with E-state index in [4.69, 9.17) is 21.4 Å². The topological polar surface area (TPSA) is 109 Å². The Bertz CT molecular complexity index is 832. The number of aliphatic hydroxyl groups excluding tert-OH is 2. The summed E-state index contributed by atoms with van der Waals surface area (Å²) in [7, 11) is 0. The molecule has 3 rings (SSSR count). The minimum Gasteiger partial charge on any atom is -0.489 e. The van der Waals surface area contributed by atoms with Crippen LogP contribution in [-0.2, 0) is 4.74 Å². The van der Waals surface area contributed by atoms with Crippen molar-refractivity contribution in [3.63, 3.8) is 0 Å². The maximum Gasteiger partial charge on any atom is 0.261 e. The number of hydrogen-bond donors (Lipinski definition) is 3. The Morgan fingerprint density at radius 1 is 1.56 bits per heavy atom. The zero-order valence-corrected chi connectivity index (χ0v) is 13.9. The van der Waals surface area contributed by atoms with Gasteiger partial charge in [-0.1, -0.05) is 0 Å². The van der Waals surface area contributed by atoms with E-state index in [0.29, 0.717) is 29.1 Å². The molecule has 0 saturated heterocycles. The van der Waals surface area contributed by atoms with Gasteiger partial charge in [0.15, 0.2) is 5.65 Å². The first-order valence-electron chi connectivity index (χ1n) is 7.66. The van der Waals surface area contributed by atoms with Crippen LogP contribution < -0.4 is 5.32 Å². The van der Waals surface area contributed by atoms with Crippen LogP contribution in [0.2, 0.25) is 0 Å². The molecule has 2 heterocycles. The Labute approximate surface area is 148 Å². The number of halogens is 1. The lowest BCUT2D eigenvalue weighted by molar-refractivity contribution is 0.0311. The monoisotopic (exact) mass is 364 g/mol. The van der Waals surface area contributed by atoms with Crippen molar-refractivity contribution in [2.75, 3.05) is 13.2 Å². The molecule has 0 aromatic carbocycles. The molecule has 1 amide bonds. The zero-order valence-electron chi connectivity index (χ0n) is 13.2. The first kappa shape index (κ1) is 17.4. The van der Waals surface area contributed by atoms with Gasteiger partial charge in [0.2, 0.25) is 0 Å². The van der Waals surface area contributed by atoms with Gasteiger partial charge in [-0.3, -0.25) is 4.79 Å². The fourth-order valence-corrected chi connectivity index (χ4v) is 2.53. The number of nitrogens with one attached hydrogen (secondary N) is 1. The van der Waals surface area contributed by atoms with E-state index >= 15 is 0 Å². The van der Waals surface area contributed by atoms with Crippen molar-refractivity contribution < 1.29 is 19.7 Å². The van der Waals surface area contributed by atoms with Gasteiger partial charge in [0, 0.05) is 12.4 Å². The van der Waals surface area contributed by atoms with Crippen LogP contribution in [0.1, 0.15) is 16.8 Å². The molecule has 3 N–H and O–H groups in total. The first-order chi connectivity index (χ1) is 12.1. The Kier molecular flexibility index (Phi) is 5.32. The molecular formula is C16H17ClN4O4. The molecule has 1 aliphatic rings. The van der Waals surface area contributed by atoms with E-state index in [1.807, 2.05) is 0 Å². The molecule has 8 nitrogen and oxygen atoms in total. The molecule has 1 unspecified atom stereocenters. The van der Waals surface area contributed by atoms with Gasteiger partial charge in [0.05, 0.1) is 23.9 Å². The van der Waals surface area contributed by atoms with Crippen LogP contribution in [-0.4, -0.2) is 55.4 Å². The van der Waals surface area contributed by atoms with Crippen LogP contribution in [0.5, 0.6) is 0 Å². The lowest BCUT2D eigenvalue weighted by atomic mass is 10.1. The van der Waals surface area contributed by atoms with E-state index in [1.54, 1.807) is 30.6 Å². The molecule has 2 atom stereocenters. The van der Waals surface area contributed by atoms with Gasteiger partial charge in [0.25, 0.3) is 5.91 Å². The van der Waals surface area contributed by atoms with Crippen molar-refractivity contribution in [1.29, 1.82) is 0 Å². The zero-order chi connectivity index (χ0) is 17.8. The smallest absolute Gasteiger partial charge is 0.261 e. The lowest BCUT2D eigenvalue weighted by Crippen LogP contribution is -2.28. The number of carbonyl (C=O) groups is 1. The molecule has 25 heavy (non-hydrogen) atoms. The van der Waals surface area contributed by atoms with Crippen LogP contribution in [0.3, 0.4) is 0 Å². The molecule has 0 spiro atoms. The molecule has 2 aromatic rings. The lowest BCUT2D eigenvalue weighted by Gasteiger charge is -2.21. The highest BCUT2D eigenvalue weighted by atomic mass is 35.5. The number of hydrogen-bond acceptors (Lipinski definition) is 6. The normalized spacial score (nSPS) is 18.4. The van der Waals surface area contributed by atoms with Gasteiger partial charge >= 0.3 is 0 Å². The summed E-state index contributed by atoms with van der Waals surface area (Å²) in [6, 6.07) is 1.71. The van der Waals surface area contributed by atoms with Crippen molar-refractivity contribution in [3.05, 3.63) is 53.8 Å². The maximum atomic E-state index is 12.6. The van der Waals surface area contributed by atoms with Crippen molar-refractivity contribution in [3.8, 4) is 0 Å². The third-order valence-electron chi connectivity index (χ3n) is 3.56. The number of fused-ring (bicyclic) bond motifs is 1. The molecule has 0 saturated carbocycles. The first-order valence-corrected chi connectivity index (χ1v) is 8.10. The Morgan fingerprint density at radius 3 is 3.20 bits per heavy atom. The Morgan fingerprint density at radius 2 is 2.40 bits per heavy atom. The molecular weight excluding hydrogens is 348 g/mol. The fourth-order valence-electron chi connectivity index (χ4n) is 2.32. The number of ether oxygens (including phenoxy) is 1. The van der Waals surface area contributed by atoms with E-state index in [1.165, 1.54) is 10.7 Å². The minimum atomic E-state index is -1.00. The summed E-state index contributed by atoms with van der Waals surface area (Å²) in [5.41, 5.74) is 1.14. The Hall–Kier alpha value is -2.42. The van der Waals surface area contributed by atoms with Gasteiger partial charge in [-0.05, 0) is 24.6 Å². The number of aliphatic hydroxyl groups is 2. The third-order valence-corrected chi connectivity index (χ3v) is 3.86. The maximum absolute atomic E-state index is 12.6. The summed E-state index contributed by atoms with van der Waals surface area (Å²) in [4.78, 5) is 16.7. The Balaban J connectivity index is 1.76. The van der Waals surface area contributed by atoms with Gasteiger partial charge in [-0.15, -0.1) is 11.6 Å². The van der Waals surface area contributed by atoms with Gasteiger partial charge in [-0.2, -0.15) is 5.10 Å². The standard InChI is InChI=1S/C16H17ClN4O4/c17-10-2-3-14(25-9-11(23)8-22)13(6-10)20-16(24)12-7-19-21-5-1-4-18-15(12)21/h1,3-7,10-11,22-23H,2,8-9H2,(H,20,24)/t10?,11-/m0/s1. The molecule has 0 bridgehead atoms. The quantitative estimate of drug-likeness (QED) is 0.648. The summed E-state index contributed by atoms with van der Waals surface area (Å²) in [5.74, 6) is -0.00916. The largest absolute Gasteiger partial charge is 0.489 e. The van der Waals surface area contributed by atoms with Crippen LogP contribution in [0.15, 0.2) is 48.3 Å². The van der Waals surface area contributed by atoms with Gasteiger partial charge in [0.1, 0.15) is 24.0 Å². The second kappa shape index (κ2) is 7.64. The fraction of sp³-hybridized carbons (Fsp3) is 0.312. The molecule has 2 aromatic heterocycles. The van der Waals surface area contributed by atoms with E-state index < -0.39 is 18.6 Å². The van der Waals surface area contributed by atoms with Crippen molar-refractivity contribution >= 4 is 23.2 Å². The van der Waals surface area contributed by atoms with Crippen LogP contribution in [0.25, 0.3) is 5.65 Å². The van der Waals surface area contributed by atoms with Crippen molar-refractivity contribution in [2.24, 2.45) is 0 Å². The molecule has 0 radical (unpaired) electrons. The predicted molar refractivity (Wildman–Crippen MR) is 89.9 cm³/mol. The summed E-state index contributed by atoms with van der Waals surface area (Å²) in [5, 5.41) is 24.8. The predicted octanol–water partition coefficient (Wildman–Crippen LogP) is 0.608. The number of allylic oxidation sites excluding steroid dienone is 2. The van der Waals surface area contributed by atoms with Crippen molar-refractivity contribution in [2.45, 2.75) is 17.9 Å². The number of carbonyl (C=O) groups excluding carboxylic acids is 1. The highest BCUT2D eigenvalue weighted by Gasteiger charge is 2.21. The average Bonchev–Trinajstić information content (AvgIpc) is 3.05. The van der Waals surface area contributed by atoms with E-state index in [-0.39, 0.29) is 12.0 Å². The summed E-state index contributed by atoms with van der Waals surface area (Å²) in [6.45, 7) is -0.508. The van der Waals surface area contributed by atoms with E-state index in [2.05, 4.69) is 15.4 Å². The van der Waals surface area contributed by atoms with Crippen molar-refractivity contribution in [1.82, 2.24) is 19.9 Å². The van der Waals surface area contributed by atoms with E-state index in [9.17, 15) is 9.90 Å². The summed E-state index contributed by atoms with van der Waals surface area (Å²) < 4.78 is 6.97. The number of nitrogens with zero attached hydrogens (tertiary/aromatic N) is 3. The third kappa shape index (κ3) is 3.98. The van der Waals surface area contributed by atoms with Crippen LogP contribution in [0, 0.1) is 0 Å². The van der Waals surface area contributed by atoms with Gasteiger partial charge in [-0.25, -0.2) is 9.50 Å². The summed E-state index contributed by atoms with van der Waals surface area (Å²) >= 11 is 6.12. The second-order valence-electron chi connectivity index (χ2n) is 5.45. The SMILES string of the molecule is O=C(NC1=CC(Cl)CC=C1OC[C@@H](O)CO)c1cnn2cccnc12. The molecule has 132 valence electrons. The molecule has 9 heteroatoms. The number of amides is 1. The van der Waals surface area contributed by atoms with Crippen LogP contribution in [0.4, 0.5) is 0 Å².